The van der Waals surface area contributed by atoms with Crippen LogP contribution in [0.2, 0.25) is 5.02 Å². The number of imide groups is 1. The van der Waals surface area contributed by atoms with Gasteiger partial charge in [-0.15, -0.1) is 0 Å². The Labute approximate surface area is 178 Å². The lowest BCUT2D eigenvalue weighted by molar-refractivity contribution is -0.136. The monoisotopic (exact) mass is 438 g/mol. The number of carbonyl (C=O) groups excluding carboxylic acids is 3. The number of piperidine rings is 1. The van der Waals surface area contributed by atoms with Gasteiger partial charge in [0.05, 0.1) is 23.6 Å². The van der Waals surface area contributed by atoms with Crippen LogP contribution in [0.5, 0.6) is 11.5 Å². The van der Waals surface area contributed by atoms with Gasteiger partial charge in [-0.25, -0.2) is 0 Å². The van der Waals surface area contributed by atoms with Crippen molar-refractivity contribution in [3.63, 3.8) is 0 Å². The number of carbonyl (C=O) groups is 3. The number of nitrogens with zero attached hydrogens (tertiary/aromatic N) is 2. The number of thioether (sulfide) groups is 1. The van der Waals surface area contributed by atoms with Gasteiger partial charge in [-0.05, 0) is 55.7 Å². The highest BCUT2D eigenvalue weighted by Crippen LogP contribution is 2.37. The first-order valence-corrected chi connectivity index (χ1v) is 10.7. The molecule has 0 N–H and O–H groups in total. The van der Waals surface area contributed by atoms with E-state index in [1.807, 2.05) is 6.92 Å². The third-order valence-electron chi connectivity index (χ3n) is 4.75. The van der Waals surface area contributed by atoms with E-state index in [9.17, 15) is 14.4 Å². The van der Waals surface area contributed by atoms with Crippen molar-refractivity contribution in [3.05, 3.63) is 27.6 Å². The molecule has 1 aromatic carbocycles. The molecule has 0 aliphatic carbocycles. The second-order valence-electron chi connectivity index (χ2n) is 6.67. The molecule has 0 radical (unpaired) electrons. The Hall–Kier alpha value is -2.19. The van der Waals surface area contributed by atoms with E-state index in [1.54, 1.807) is 23.1 Å². The molecule has 1 aromatic rings. The summed E-state index contributed by atoms with van der Waals surface area (Å²) < 4.78 is 10.8. The number of ether oxygens (including phenoxy) is 2. The zero-order valence-electron chi connectivity index (χ0n) is 16.4. The Morgan fingerprint density at radius 2 is 1.93 bits per heavy atom. The highest BCUT2D eigenvalue weighted by Gasteiger charge is 2.37. The first-order chi connectivity index (χ1) is 13.9. The molecule has 3 rings (SSSR count). The van der Waals surface area contributed by atoms with Crippen molar-refractivity contribution in [2.45, 2.75) is 26.2 Å². The van der Waals surface area contributed by atoms with Gasteiger partial charge in [0, 0.05) is 19.2 Å². The van der Waals surface area contributed by atoms with E-state index in [0.717, 1.165) is 35.9 Å². The fourth-order valence-electron chi connectivity index (χ4n) is 3.25. The smallest absolute Gasteiger partial charge is 0.294 e. The average Bonchev–Trinajstić information content (AvgIpc) is 2.98. The first kappa shape index (κ1) is 21.5. The second-order valence-corrected chi connectivity index (χ2v) is 8.07. The second kappa shape index (κ2) is 9.54. The van der Waals surface area contributed by atoms with E-state index in [0.29, 0.717) is 41.8 Å². The fraction of sp³-hybridized carbons (Fsp3) is 0.450. The highest BCUT2D eigenvalue weighted by molar-refractivity contribution is 8.18. The van der Waals surface area contributed by atoms with Crippen LogP contribution in [0.4, 0.5) is 4.79 Å². The van der Waals surface area contributed by atoms with Gasteiger partial charge in [0.25, 0.3) is 11.1 Å². The van der Waals surface area contributed by atoms with Crippen molar-refractivity contribution in [2.75, 3.05) is 33.4 Å². The summed E-state index contributed by atoms with van der Waals surface area (Å²) in [5.41, 5.74) is 0.531. The number of hydrogen-bond acceptors (Lipinski definition) is 6. The van der Waals surface area contributed by atoms with Crippen molar-refractivity contribution < 1.29 is 23.9 Å². The standard InChI is InChI=1S/C20H23ClN2O5S/c1-3-28-16-9-13(14(21)11-15(16)27-2)10-17-19(25)23(20(26)29-17)12-18(24)22-7-5-4-6-8-22/h9-11H,3-8,12H2,1-2H3/b17-10-. The molecule has 9 heteroatoms. The minimum absolute atomic E-state index is 0.200. The number of benzene rings is 1. The lowest BCUT2D eigenvalue weighted by Gasteiger charge is -2.27. The van der Waals surface area contributed by atoms with Crippen molar-refractivity contribution in [1.29, 1.82) is 0 Å². The number of methoxy groups -OCH3 is 1. The predicted octanol–water partition coefficient (Wildman–Crippen LogP) is 3.80. The van der Waals surface area contributed by atoms with E-state index in [1.165, 1.54) is 7.11 Å². The normalized spacial score (nSPS) is 18.5. The molecule has 0 unspecified atom stereocenters. The van der Waals surface area contributed by atoms with Gasteiger partial charge in [-0.1, -0.05) is 11.6 Å². The van der Waals surface area contributed by atoms with Crippen LogP contribution < -0.4 is 9.47 Å². The largest absolute Gasteiger partial charge is 0.493 e. The first-order valence-electron chi connectivity index (χ1n) is 9.48. The van der Waals surface area contributed by atoms with E-state index < -0.39 is 11.1 Å². The number of amides is 3. The molecule has 0 saturated carbocycles. The SMILES string of the molecule is CCOc1cc(/C=C2\SC(=O)N(CC(=O)N3CCCCC3)C2=O)c(Cl)cc1OC. The summed E-state index contributed by atoms with van der Waals surface area (Å²) in [5.74, 6) is 0.281. The summed E-state index contributed by atoms with van der Waals surface area (Å²) in [6, 6.07) is 3.26. The van der Waals surface area contributed by atoms with Crippen molar-refractivity contribution in [2.24, 2.45) is 0 Å². The molecule has 7 nitrogen and oxygen atoms in total. The van der Waals surface area contributed by atoms with Gasteiger partial charge < -0.3 is 14.4 Å². The molecule has 0 spiro atoms. The average molecular weight is 439 g/mol. The van der Waals surface area contributed by atoms with Crippen LogP contribution in [-0.2, 0) is 9.59 Å². The van der Waals surface area contributed by atoms with Crippen molar-refractivity contribution >= 4 is 46.5 Å². The summed E-state index contributed by atoms with van der Waals surface area (Å²) in [6.45, 7) is 3.40. The Morgan fingerprint density at radius 1 is 1.21 bits per heavy atom. The van der Waals surface area contributed by atoms with Gasteiger partial charge in [0.1, 0.15) is 6.54 Å². The molecule has 2 fully saturated rings. The van der Waals surface area contributed by atoms with Crippen LogP contribution in [0.1, 0.15) is 31.7 Å². The molecule has 0 atom stereocenters. The molecule has 2 aliphatic rings. The van der Waals surface area contributed by atoms with Crippen LogP contribution in [0.15, 0.2) is 17.0 Å². The number of halogens is 1. The summed E-state index contributed by atoms with van der Waals surface area (Å²) in [6.07, 6.45) is 4.54. The molecule has 0 bridgehead atoms. The van der Waals surface area contributed by atoms with Crippen LogP contribution in [0.3, 0.4) is 0 Å². The Bertz CT molecular complexity index is 852. The quantitative estimate of drug-likeness (QED) is 0.629. The van der Waals surface area contributed by atoms with Gasteiger partial charge in [0.15, 0.2) is 11.5 Å². The molecular weight excluding hydrogens is 416 g/mol. The Kier molecular flexibility index (Phi) is 7.08. The third kappa shape index (κ3) is 4.87. The number of rotatable bonds is 6. The number of likely N-dealkylation sites (tertiary alicyclic amines) is 1. The predicted molar refractivity (Wildman–Crippen MR) is 112 cm³/mol. The molecule has 3 amide bonds. The van der Waals surface area contributed by atoms with Crippen LogP contribution in [0, 0.1) is 0 Å². The molecule has 156 valence electrons. The molecule has 2 saturated heterocycles. The molecule has 29 heavy (non-hydrogen) atoms. The minimum Gasteiger partial charge on any atom is -0.493 e. The Balaban J connectivity index is 1.79. The zero-order valence-corrected chi connectivity index (χ0v) is 18.0. The maximum absolute atomic E-state index is 12.7. The van der Waals surface area contributed by atoms with E-state index >= 15 is 0 Å². The maximum atomic E-state index is 12.7. The lowest BCUT2D eigenvalue weighted by atomic mass is 10.1. The van der Waals surface area contributed by atoms with Gasteiger partial charge in [-0.2, -0.15) is 0 Å². The van der Waals surface area contributed by atoms with Crippen molar-refractivity contribution in [3.8, 4) is 11.5 Å². The van der Waals surface area contributed by atoms with Gasteiger partial charge in [0.2, 0.25) is 5.91 Å². The topological polar surface area (TPSA) is 76.2 Å². The van der Waals surface area contributed by atoms with Gasteiger partial charge in [-0.3, -0.25) is 19.3 Å². The summed E-state index contributed by atoms with van der Waals surface area (Å²) >= 11 is 7.11. The minimum atomic E-state index is -0.491. The maximum Gasteiger partial charge on any atom is 0.294 e. The summed E-state index contributed by atoms with van der Waals surface area (Å²) in [4.78, 5) is 40.4. The van der Waals surface area contributed by atoms with Crippen LogP contribution in [-0.4, -0.2) is 60.2 Å². The highest BCUT2D eigenvalue weighted by atomic mass is 35.5. The van der Waals surface area contributed by atoms with E-state index in [-0.39, 0.29) is 17.4 Å². The zero-order chi connectivity index (χ0) is 21.0. The van der Waals surface area contributed by atoms with Crippen LogP contribution in [0.25, 0.3) is 6.08 Å². The van der Waals surface area contributed by atoms with Crippen molar-refractivity contribution in [1.82, 2.24) is 9.80 Å². The summed E-state index contributed by atoms with van der Waals surface area (Å²) in [7, 11) is 1.51. The van der Waals surface area contributed by atoms with E-state index in [4.69, 9.17) is 21.1 Å². The fourth-order valence-corrected chi connectivity index (χ4v) is 4.28. The number of hydrogen-bond donors (Lipinski definition) is 0. The molecule has 2 heterocycles. The Morgan fingerprint density at radius 3 is 2.59 bits per heavy atom. The lowest BCUT2D eigenvalue weighted by Crippen LogP contribution is -2.44. The molecule has 0 aromatic heterocycles. The van der Waals surface area contributed by atoms with E-state index in [2.05, 4.69) is 0 Å². The third-order valence-corrected chi connectivity index (χ3v) is 5.98. The molecule has 2 aliphatic heterocycles. The summed E-state index contributed by atoms with van der Waals surface area (Å²) in [5, 5.41) is -0.0947. The van der Waals surface area contributed by atoms with Crippen LogP contribution >= 0.6 is 23.4 Å². The van der Waals surface area contributed by atoms with Gasteiger partial charge >= 0.3 is 0 Å². The molecular formula is C20H23ClN2O5S.